The second-order valence-electron chi connectivity index (χ2n) is 3.66. The summed E-state index contributed by atoms with van der Waals surface area (Å²) in [6.07, 6.45) is 4.10. The van der Waals surface area contributed by atoms with E-state index in [-0.39, 0.29) is 24.8 Å². The molecule has 1 rings (SSSR count). The lowest BCUT2D eigenvalue weighted by molar-refractivity contribution is 0.107. The molecule has 1 aliphatic heterocycles. The minimum atomic E-state index is 0. The lowest BCUT2D eigenvalue weighted by Crippen LogP contribution is -2.45. The number of halogens is 2. The Balaban J connectivity index is 0. The van der Waals surface area contributed by atoms with E-state index in [1.165, 1.54) is 19.3 Å². The molecule has 0 bridgehead atoms. The average molecular weight is 229 g/mol. The van der Waals surface area contributed by atoms with Crippen molar-refractivity contribution in [3.8, 4) is 0 Å². The minimum Gasteiger partial charge on any atom is -0.329 e. The van der Waals surface area contributed by atoms with Gasteiger partial charge in [-0.3, -0.25) is 4.90 Å². The summed E-state index contributed by atoms with van der Waals surface area (Å²) in [7, 11) is 0. The van der Waals surface area contributed by atoms with Crippen molar-refractivity contribution in [2.24, 2.45) is 5.73 Å². The molecule has 0 aromatic heterocycles. The molecule has 1 saturated heterocycles. The quantitative estimate of drug-likeness (QED) is 0.785. The van der Waals surface area contributed by atoms with E-state index in [1.807, 2.05) is 0 Å². The predicted octanol–water partition coefficient (Wildman–Crippen LogP) is 2.05. The number of nitrogens with two attached hydrogens (primary N) is 1. The predicted molar refractivity (Wildman–Crippen MR) is 63.0 cm³/mol. The normalized spacial score (nSPS) is 28.8. The van der Waals surface area contributed by atoms with Crippen LogP contribution in [-0.4, -0.2) is 30.1 Å². The molecule has 0 aromatic carbocycles. The van der Waals surface area contributed by atoms with Gasteiger partial charge < -0.3 is 5.73 Å². The molecular formula is C9H22Cl2N2. The molecule has 4 heteroatoms. The highest BCUT2D eigenvalue weighted by Gasteiger charge is 2.23. The summed E-state index contributed by atoms with van der Waals surface area (Å²) in [4.78, 5) is 2.53. The van der Waals surface area contributed by atoms with Crippen LogP contribution in [0.3, 0.4) is 0 Å². The van der Waals surface area contributed by atoms with E-state index < -0.39 is 0 Å². The number of rotatable bonds is 2. The third kappa shape index (κ3) is 4.50. The highest BCUT2D eigenvalue weighted by atomic mass is 35.5. The number of hydrogen-bond acceptors (Lipinski definition) is 2. The lowest BCUT2D eigenvalue weighted by atomic mass is 9.98. The van der Waals surface area contributed by atoms with Crippen LogP contribution in [0.15, 0.2) is 0 Å². The van der Waals surface area contributed by atoms with Crippen molar-refractivity contribution in [3.05, 3.63) is 0 Å². The molecule has 82 valence electrons. The van der Waals surface area contributed by atoms with Crippen LogP contribution < -0.4 is 5.73 Å². The van der Waals surface area contributed by atoms with Crippen molar-refractivity contribution in [1.29, 1.82) is 0 Å². The molecule has 0 amide bonds. The van der Waals surface area contributed by atoms with Crippen LogP contribution in [-0.2, 0) is 0 Å². The second kappa shape index (κ2) is 7.86. The van der Waals surface area contributed by atoms with E-state index in [9.17, 15) is 0 Å². The van der Waals surface area contributed by atoms with Crippen LogP contribution in [0.2, 0.25) is 0 Å². The molecular weight excluding hydrogens is 207 g/mol. The van der Waals surface area contributed by atoms with Gasteiger partial charge in [0.25, 0.3) is 0 Å². The molecule has 0 radical (unpaired) electrons. The maximum Gasteiger partial charge on any atom is 0.0110 e. The van der Waals surface area contributed by atoms with Crippen LogP contribution in [0.25, 0.3) is 0 Å². The van der Waals surface area contributed by atoms with Gasteiger partial charge in [0.05, 0.1) is 0 Å². The highest BCUT2D eigenvalue weighted by Crippen LogP contribution is 2.21. The number of nitrogens with zero attached hydrogens (tertiary/aromatic N) is 1. The van der Waals surface area contributed by atoms with Gasteiger partial charge >= 0.3 is 0 Å². The Morgan fingerprint density at radius 2 is 1.62 bits per heavy atom. The van der Waals surface area contributed by atoms with E-state index in [2.05, 4.69) is 18.7 Å². The lowest BCUT2D eigenvalue weighted by Gasteiger charge is -2.38. The Morgan fingerprint density at radius 3 is 2.00 bits per heavy atom. The fourth-order valence-corrected chi connectivity index (χ4v) is 2.06. The summed E-state index contributed by atoms with van der Waals surface area (Å²) in [6, 6.07) is 1.50. The maximum absolute atomic E-state index is 5.54. The van der Waals surface area contributed by atoms with Crippen molar-refractivity contribution in [1.82, 2.24) is 4.90 Å². The number of hydrogen-bond donors (Lipinski definition) is 1. The fraction of sp³-hybridized carbons (Fsp3) is 1.00. The van der Waals surface area contributed by atoms with Gasteiger partial charge in [-0.1, -0.05) is 6.42 Å². The van der Waals surface area contributed by atoms with Crippen molar-refractivity contribution >= 4 is 24.8 Å². The van der Waals surface area contributed by atoms with E-state index >= 15 is 0 Å². The molecule has 0 saturated carbocycles. The smallest absolute Gasteiger partial charge is 0.0110 e. The van der Waals surface area contributed by atoms with Gasteiger partial charge in [-0.2, -0.15) is 0 Å². The highest BCUT2D eigenvalue weighted by molar-refractivity contribution is 5.85. The Morgan fingerprint density at radius 1 is 1.15 bits per heavy atom. The van der Waals surface area contributed by atoms with Gasteiger partial charge in [0.15, 0.2) is 0 Å². The van der Waals surface area contributed by atoms with Gasteiger partial charge in [-0.15, -0.1) is 24.8 Å². The SMILES string of the molecule is CC1CCCC(C)N1CCN.Cl.Cl. The minimum absolute atomic E-state index is 0. The molecule has 2 unspecified atom stereocenters. The zero-order chi connectivity index (χ0) is 8.27. The third-order valence-electron chi connectivity index (χ3n) is 2.76. The largest absolute Gasteiger partial charge is 0.329 e. The molecule has 0 aliphatic carbocycles. The molecule has 2 atom stereocenters. The van der Waals surface area contributed by atoms with Crippen molar-refractivity contribution in [2.45, 2.75) is 45.2 Å². The molecule has 1 fully saturated rings. The second-order valence-corrected chi connectivity index (χ2v) is 3.66. The summed E-state index contributed by atoms with van der Waals surface area (Å²) in [6.45, 7) is 6.49. The Kier molecular flexibility index (Phi) is 9.65. The first kappa shape index (κ1) is 15.9. The molecule has 0 spiro atoms. The standard InChI is InChI=1S/C9H20N2.2ClH/c1-8-4-3-5-9(2)11(8)7-6-10;;/h8-9H,3-7,10H2,1-2H3;2*1H. The summed E-state index contributed by atoms with van der Waals surface area (Å²) in [5, 5.41) is 0. The first-order valence-electron chi connectivity index (χ1n) is 4.71. The zero-order valence-electron chi connectivity index (χ0n) is 8.53. The zero-order valence-corrected chi connectivity index (χ0v) is 10.2. The summed E-state index contributed by atoms with van der Waals surface area (Å²) in [5.41, 5.74) is 5.54. The van der Waals surface area contributed by atoms with Crippen molar-refractivity contribution in [2.75, 3.05) is 13.1 Å². The molecule has 1 aliphatic rings. The summed E-state index contributed by atoms with van der Waals surface area (Å²) < 4.78 is 0. The molecule has 2 N–H and O–H groups in total. The van der Waals surface area contributed by atoms with Crippen LogP contribution in [0.4, 0.5) is 0 Å². The number of likely N-dealkylation sites (tertiary alicyclic amines) is 1. The third-order valence-corrected chi connectivity index (χ3v) is 2.76. The van der Waals surface area contributed by atoms with Gasteiger partial charge in [-0.05, 0) is 26.7 Å². The fourth-order valence-electron chi connectivity index (χ4n) is 2.06. The molecule has 13 heavy (non-hydrogen) atoms. The first-order valence-corrected chi connectivity index (χ1v) is 4.71. The van der Waals surface area contributed by atoms with Gasteiger partial charge in [0.1, 0.15) is 0 Å². The summed E-state index contributed by atoms with van der Waals surface area (Å²) >= 11 is 0. The topological polar surface area (TPSA) is 29.3 Å². The number of piperidine rings is 1. The van der Waals surface area contributed by atoms with E-state index in [0.29, 0.717) is 0 Å². The molecule has 2 nitrogen and oxygen atoms in total. The first-order chi connectivity index (χ1) is 5.25. The molecule has 0 aromatic rings. The van der Waals surface area contributed by atoms with Crippen molar-refractivity contribution < 1.29 is 0 Å². The van der Waals surface area contributed by atoms with Crippen LogP contribution in [0.1, 0.15) is 33.1 Å². The van der Waals surface area contributed by atoms with Crippen molar-refractivity contribution in [3.63, 3.8) is 0 Å². The van der Waals surface area contributed by atoms with E-state index in [1.54, 1.807) is 0 Å². The Bertz CT molecular complexity index is 112. The van der Waals surface area contributed by atoms with E-state index in [0.717, 1.165) is 25.2 Å². The Hall–Kier alpha value is 0.500. The van der Waals surface area contributed by atoms with Crippen LogP contribution in [0, 0.1) is 0 Å². The van der Waals surface area contributed by atoms with Gasteiger partial charge in [0.2, 0.25) is 0 Å². The average Bonchev–Trinajstić information content (AvgIpc) is 1.97. The van der Waals surface area contributed by atoms with Gasteiger partial charge in [-0.25, -0.2) is 0 Å². The van der Waals surface area contributed by atoms with Crippen LogP contribution in [0.5, 0.6) is 0 Å². The maximum atomic E-state index is 5.54. The van der Waals surface area contributed by atoms with Crippen LogP contribution >= 0.6 is 24.8 Å². The monoisotopic (exact) mass is 228 g/mol. The van der Waals surface area contributed by atoms with Gasteiger partial charge in [0, 0.05) is 25.2 Å². The molecule has 1 heterocycles. The summed E-state index contributed by atoms with van der Waals surface area (Å²) in [5.74, 6) is 0. The Labute approximate surface area is 94.1 Å². The van der Waals surface area contributed by atoms with E-state index in [4.69, 9.17) is 5.73 Å².